The summed E-state index contributed by atoms with van der Waals surface area (Å²) < 4.78 is 34.0. The number of hydrogen-bond acceptors (Lipinski definition) is 6. The second kappa shape index (κ2) is 6.43. The van der Waals surface area contributed by atoms with Gasteiger partial charge in [-0.3, -0.25) is 9.78 Å². The third-order valence-electron chi connectivity index (χ3n) is 2.71. The Morgan fingerprint density at radius 3 is 2.48 bits per heavy atom. The zero-order chi connectivity index (χ0) is 16.3. The van der Waals surface area contributed by atoms with E-state index in [0.717, 1.165) is 6.26 Å². The highest BCUT2D eigenvalue weighted by atomic mass is 32.2. The molecule has 1 aromatic heterocycles. The van der Waals surface area contributed by atoms with Gasteiger partial charge in [0.2, 0.25) is 0 Å². The summed E-state index contributed by atoms with van der Waals surface area (Å²) in [4.78, 5) is 14.6. The molecule has 0 amide bonds. The number of rotatable bonds is 6. The smallest absolute Gasteiger partial charge is 0.293 e. The Hall–Kier alpha value is -1.63. The van der Waals surface area contributed by atoms with Crippen LogP contribution in [0, 0.1) is 0 Å². The first-order valence-electron chi connectivity index (χ1n) is 6.48. The van der Waals surface area contributed by atoms with Crippen LogP contribution >= 0.6 is 0 Å². The Morgan fingerprint density at radius 1 is 1.38 bits per heavy atom. The number of ether oxygens (including phenoxy) is 2. The van der Waals surface area contributed by atoms with Crippen molar-refractivity contribution in [2.75, 3.05) is 12.9 Å². The van der Waals surface area contributed by atoms with E-state index in [0.29, 0.717) is 17.9 Å². The van der Waals surface area contributed by atoms with Crippen molar-refractivity contribution in [3.63, 3.8) is 0 Å². The summed E-state index contributed by atoms with van der Waals surface area (Å²) >= 11 is 0. The van der Waals surface area contributed by atoms with E-state index in [2.05, 4.69) is 4.98 Å². The molecule has 21 heavy (non-hydrogen) atoms. The minimum Gasteiger partial charge on any atom is -0.488 e. The second-order valence-corrected chi connectivity index (χ2v) is 7.88. The summed E-state index contributed by atoms with van der Waals surface area (Å²) in [5.41, 5.74) is 0.0970. The zero-order valence-corrected chi connectivity index (χ0v) is 13.7. The standard InChI is InChI=1S/C14H21NO5S/c1-10(20-9-16)8-19-11-6-12(21(5,17)18)13(15-7-11)14(2,3)4/h6-7,9-10H,8H2,1-5H3/t10-/m1/s1. The first kappa shape index (κ1) is 17.4. The molecule has 1 heterocycles. The van der Waals surface area contributed by atoms with Gasteiger partial charge in [0.1, 0.15) is 18.5 Å². The molecular formula is C14H21NO5S. The number of aromatic nitrogens is 1. The lowest BCUT2D eigenvalue weighted by molar-refractivity contribution is -0.134. The molecule has 1 rings (SSSR count). The fourth-order valence-electron chi connectivity index (χ4n) is 1.70. The Morgan fingerprint density at radius 2 is 2.00 bits per heavy atom. The van der Waals surface area contributed by atoms with Gasteiger partial charge in [-0.1, -0.05) is 20.8 Å². The minimum absolute atomic E-state index is 0.123. The predicted octanol–water partition coefficient (Wildman–Crippen LogP) is 1.72. The number of carbonyl (C=O) groups excluding carboxylic acids is 1. The molecule has 0 saturated heterocycles. The maximum atomic E-state index is 11.9. The van der Waals surface area contributed by atoms with E-state index in [4.69, 9.17) is 9.47 Å². The molecule has 0 fully saturated rings. The van der Waals surface area contributed by atoms with Gasteiger partial charge in [-0.25, -0.2) is 8.42 Å². The Bertz CT molecular complexity index is 604. The Balaban J connectivity index is 3.09. The van der Waals surface area contributed by atoms with E-state index in [1.165, 1.54) is 12.3 Å². The highest BCUT2D eigenvalue weighted by Crippen LogP contribution is 2.29. The molecule has 0 aliphatic heterocycles. The molecule has 0 bridgehead atoms. The van der Waals surface area contributed by atoms with Crippen LogP contribution < -0.4 is 4.74 Å². The largest absolute Gasteiger partial charge is 0.488 e. The molecule has 0 N–H and O–H groups in total. The van der Waals surface area contributed by atoms with Crippen molar-refractivity contribution in [1.29, 1.82) is 0 Å². The molecule has 7 heteroatoms. The molecule has 0 aromatic carbocycles. The lowest BCUT2D eigenvalue weighted by Crippen LogP contribution is -2.20. The lowest BCUT2D eigenvalue weighted by atomic mass is 9.91. The van der Waals surface area contributed by atoms with Gasteiger partial charge in [-0.2, -0.15) is 0 Å². The molecule has 118 valence electrons. The van der Waals surface area contributed by atoms with Crippen LogP contribution in [0.1, 0.15) is 33.4 Å². The first-order chi connectivity index (χ1) is 9.55. The van der Waals surface area contributed by atoms with Crippen LogP contribution in [0.15, 0.2) is 17.2 Å². The van der Waals surface area contributed by atoms with Crippen LogP contribution in [0.3, 0.4) is 0 Å². The summed E-state index contributed by atoms with van der Waals surface area (Å²) in [6, 6.07) is 1.45. The number of pyridine rings is 1. The quantitative estimate of drug-likeness (QED) is 0.743. The molecule has 0 aliphatic carbocycles. The highest BCUT2D eigenvalue weighted by Gasteiger charge is 2.25. The van der Waals surface area contributed by atoms with Gasteiger partial charge in [0.05, 0.1) is 16.8 Å². The maximum absolute atomic E-state index is 11.9. The topological polar surface area (TPSA) is 82.6 Å². The van der Waals surface area contributed by atoms with Gasteiger partial charge >= 0.3 is 0 Å². The minimum atomic E-state index is -3.42. The van der Waals surface area contributed by atoms with Gasteiger partial charge < -0.3 is 9.47 Å². The Labute approximate surface area is 125 Å². The fraction of sp³-hybridized carbons (Fsp3) is 0.571. The van der Waals surface area contributed by atoms with Crippen LogP contribution in [0.5, 0.6) is 5.75 Å². The number of sulfone groups is 1. The fourth-order valence-corrected chi connectivity index (χ4v) is 2.74. The monoisotopic (exact) mass is 315 g/mol. The molecule has 6 nitrogen and oxygen atoms in total. The van der Waals surface area contributed by atoms with Crippen molar-refractivity contribution in [2.24, 2.45) is 0 Å². The third kappa shape index (κ3) is 5.00. The third-order valence-corrected chi connectivity index (χ3v) is 3.82. The van der Waals surface area contributed by atoms with E-state index >= 15 is 0 Å². The first-order valence-corrected chi connectivity index (χ1v) is 8.37. The van der Waals surface area contributed by atoms with E-state index < -0.39 is 21.4 Å². The SMILES string of the molecule is C[C@H](COc1cnc(C(C)(C)C)c(S(C)(=O)=O)c1)OC=O. The van der Waals surface area contributed by atoms with E-state index in [9.17, 15) is 13.2 Å². The molecule has 0 aliphatic rings. The number of nitrogens with zero attached hydrogens (tertiary/aromatic N) is 1. The molecule has 0 saturated carbocycles. The summed E-state index contributed by atoms with van der Waals surface area (Å²) in [6.07, 6.45) is 2.19. The number of hydrogen-bond donors (Lipinski definition) is 0. The average Bonchev–Trinajstić information content (AvgIpc) is 2.34. The van der Waals surface area contributed by atoms with Crippen molar-refractivity contribution >= 4 is 16.3 Å². The predicted molar refractivity (Wildman–Crippen MR) is 78.2 cm³/mol. The summed E-state index contributed by atoms with van der Waals surface area (Å²) in [5, 5.41) is 0. The molecule has 0 radical (unpaired) electrons. The zero-order valence-electron chi connectivity index (χ0n) is 12.9. The molecule has 0 spiro atoms. The Kier molecular flexibility index (Phi) is 5.33. The lowest BCUT2D eigenvalue weighted by Gasteiger charge is -2.21. The van der Waals surface area contributed by atoms with Crippen molar-refractivity contribution in [3.8, 4) is 5.75 Å². The second-order valence-electron chi connectivity index (χ2n) is 5.89. The summed E-state index contributed by atoms with van der Waals surface area (Å²) in [5.74, 6) is 0.324. The van der Waals surface area contributed by atoms with Gasteiger partial charge in [0.15, 0.2) is 9.84 Å². The number of carbonyl (C=O) groups is 1. The van der Waals surface area contributed by atoms with Crippen molar-refractivity contribution < 1.29 is 22.7 Å². The van der Waals surface area contributed by atoms with Crippen LogP contribution in [0.2, 0.25) is 0 Å². The summed E-state index contributed by atoms with van der Waals surface area (Å²) in [6.45, 7) is 7.82. The van der Waals surface area contributed by atoms with E-state index in [-0.39, 0.29) is 11.5 Å². The van der Waals surface area contributed by atoms with Crippen LogP contribution in [0.25, 0.3) is 0 Å². The van der Waals surface area contributed by atoms with Crippen molar-refractivity contribution in [1.82, 2.24) is 4.98 Å². The van der Waals surface area contributed by atoms with E-state index in [1.54, 1.807) is 6.92 Å². The highest BCUT2D eigenvalue weighted by molar-refractivity contribution is 7.90. The van der Waals surface area contributed by atoms with Gasteiger partial charge in [-0.05, 0) is 6.92 Å². The van der Waals surface area contributed by atoms with Gasteiger partial charge in [-0.15, -0.1) is 0 Å². The van der Waals surface area contributed by atoms with Crippen molar-refractivity contribution in [2.45, 2.75) is 44.1 Å². The molecule has 1 aromatic rings. The molecule has 0 unspecified atom stereocenters. The van der Waals surface area contributed by atoms with Crippen molar-refractivity contribution in [3.05, 3.63) is 18.0 Å². The van der Waals surface area contributed by atoms with Gasteiger partial charge in [0.25, 0.3) is 6.47 Å². The maximum Gasteiger partial charge on any atom is 0.293 e. The van der Waals surface area contributed by atoms with Crippen LogP contribution in [0.4, 0.5) is 0 Å². The van der Waals surface area contributed by atoms with Crippen LogP contribution in [-0.2, 0) is 24.8 Å². The summed E-state index contributed by atoms with van der Waals surface area (Å²) in [7, 11) is -3.42. The normalized spacial score (nSPS) is 13.6. The van der Waals surface area contributed by atoms with Crippen LogP contribution in [-0.4, -0.2) is 38.8 Å². The molecular weight excluding hydrogens is 294 g/mol. The average molecular weight is 315 g/mol. The van der Waals surface area contributed by atoms with E-state index in [1.807, 2.05) is 20.8 Å². The molecule has 1 atom stereocenters. The van der Waals surface area contributed by atoms with Gasteiger partial charge in [0, 0.05) is 17.7 Å².